The molecule has 0 fully saturated rings. The first kappa shape index (κ1) is 13.8. The van der Waals surface area contributed by atoms with Gasteiger partial charge in [-0.05, 0) is 19.3 Å². The average molecular weight is 206 g/mol. The predicted octanol–water partition coefficient (Wildman–Crippen LogP) is 1.72. The summed E-state index contributed by atoms with van der Waals surface area (Å²) in [6, 6.07) is 0. The molecule has 0 saturated carbocycles. The summed E-state index contributed by atoms with van der Waals surface area (Å²) in [6.07, 6.45) is 0.836. The highest BCUT2D eigenvalue weighted by atomic mass is 16.8. The van der Waals surface area contributed by atoms with Crippen molar-refractivity contribution in [2.75, 3.05) is 13.4 Å². The lowest BCUT2D eigenvalue weighted by molar-refractivity contribution is -0.305. The van der Waals surface area contributed by atoms with Gasteiger partial charge in [-0.2, -0.15) is 0 Å². The molecule has 0 heterocycles. The lowest BCUT2D eigenvalue weighted by atomic mass is 10.2. The molecule has 0 aliphatic heterocycles. The Morgan fingerprint density at radius 3 is 2.36 bits per heavy atom. The van der Waals surface area contributed by atoms with Crippen molar-refractivity contribution in [3.05, 3.63) is 0 Å². The summed E-state index contributed by atoms with van der Waals surface area (Å²) in [4.78, 5) is 0. The van der Waals surface area contributed by atoms with Crippen LogP contribution in [0.3, 0.4) is 0 Å². The Morgan fingerprint density at radius 1 is 1.21 bits per heavy atom. The Bertz CT molecular complexity index is 127. The summed E-state index contributed by atoms with van der Waals surface area (Å²) in [5.74, 6) is 0.464. The highest BCUT2D eigenvalue weighted by Crippen LogP contribution is 2.01. The van der Waals surface area contributed by atoms with E-state index in [0.29, 0.717) is 12.5 Å². The predicted molar refractivity (Wildman–Crippen MR) is 53.6 cm³/mol. The monoisotopic (exact) mass is 206 g/mol. The second kappa shape index (κ2) is 8.17. The molecule has 0 aliphatic rings. The minimum absolute atomic E-state index is 0.00454. The van der Waals surface area contributed by atoms with Gasteiger partial charge >= 0.3 is 0 Å². The molecule has 0 rings (SSSR count). The Labute approximate surface area is 86.2 Å². The average Bonchev–Trinajstić information content (AvgIpc) is 2.12. The normalized spacial score (nSPS) is 15.9. The van der Waals surface area contributed by atoms with Crippen molar-refractivity contribution in [1.82, 2.24) is 0 Å². The second-order valence-corrected chi connectivity index (χ2v) is 3.71. The quantitative estimate of drug-likeness (QED) is 0.485. The van der Waals surface area contributed by atoms with Crippen molar-refractivity contribution in [1.29, 1.82) is 0 Å². The molecule has 86 valence electrons. The molecule has 0 aliphatic carbocycles. The van der Waals surface area contributed by atoms with Crippen LogP contribution in [0.4, 0.5) is 0 Å². The van der Waals surface area contributed by atoms with Crippen LogP contribution in [0.5, 0.6) is 0 Å². The summed E-state index contributed by atoms with van der Waals surface area (Å²) in [6.45, 7) is 7.45. The summed E-state index contributed by atoms with van der Waals surface area (Å²) in [5.41, 5.74) is 0. The molecule has 4 heteroatoms. The highest BCUT2D eigenvalue weighted by molar-refractivity contribution is 4.42. The highest BCUT2D eigenvalue weighted by Gasteiger charge is 2.08. The van der Waals surface area contributed by atoms with Crippen molar-refractivity contribution in [3.63, 3.8) is 0 Å². The first-order chi connectivity index (χ1) is 6.56. The maximum atomic E-state index is 9.19. The van der Waals surface area contributed by atoms with Crippen LogP contribution in [0, 0.1) is 5.92 Å². The fraction of sp³-hybridized carbons (Fsp3) is 1.00. The van der Waals surface area contributed by atoms with E-state index in [-0.39, 0.29) is 12.9 Å². The van der Waals surface area contributed by atoms with E-state index in [9.17, 15) is 5.11 Å². The minimum atomic E-state index is -1.18. The van der Waals surface area contributed by atoms with E-state index < -0.39 is 6.48 Å². The van der Waals surface area contributed by atoms with E-state index in [1.165, 1.54) is 0 Å². The third kappa shape index (κ3) is 8.44. The fourth-order valence-electron chi connectivity index (χ4n) is 0.724. The van der Waals surface area contributed by atoms with Crippen molar-refractivity contribution in [2.45, 2.75) is 46.7 Å². The molecule has 2 unspecified atom stereocenters. The van der Waals surface area contributed by atoms with Gasteiger partial charge < -0.3 is 19.3 Å². The van der Waals surface area contributed by atoms with Crippen LogP contribution in [-0.4, -0.2) is 31.1 Å². The van der Waals surface area contributed by atoms with Crippen LogP contribution >= 0.6 is 0 Å². The van der Waals surface area contributed by atoms with E-state index in [1.54, 1.807) is 0 Å². The number of hydrogen-bond acceptors (Lipinski definition) is 4. The van der Waals surface area contributed by atoms with E-state index in [4.69, 9.17) is 14.2 Å². The SMILES string of the molecule is CCC(C)OC(O)OCOCC(C)C. The third-order valence-electron chi connectivity index (χ3n) is 1.67. The van der Waals surface area contributed by atoms with Crippen molar-refractivity contribution < 1.29 is 19.3 Å². The zero-order valence-electron chi connectivity index (χ0n) is 9.53. The number of aliphatic hydroxyl groups excluding tert-OH is 1. The molecular weight excluding hydrogens is 184 g/mol. The Kier molecular flexibility index (Phi) is 8.08. The van der Waals surface area contributed by atoms with Gasteiger partial charge in [0.1, 0.15) is 0 Å². The minimum Gasteiger partial charge on any atom is -0.355 e. The van der Waals surface area contributed by atoms with E-state index in [0.717, 1.165) is 6.42 Å². The van der Waals surface area contributed by atoms with Crippen LogP contribution < -0.4 is 0 Å². The van der Waals surface area contributed by atoms with Gasteiger partial charge in [0.05, 0.1) is 12.7 Å². The van der Waals surface area contributed by atoms with E-state index >= 15 is 0 Å². The molecule has 0 aromatic carbocycles. The van der Waals surface area contributed by atoms with Crippen LogP contribution in [0.25, 0.3) is 0 Å². The number of ether oxygens (including phenoxy) is 3. The summed E-state index contributed by atoms with van der Waals surface area (Å²) >= 11 is 0. The molecule has 0 aromatic heterocycles. The first-order valence-corrected chi connectivity index (χ1v) is 5.09. The summed E-state index contributed by atoms with van der Waals surface area (Å²) in [5, 5.41) is 9.19. The van der Waals surface area contributed by atoms with Crippen LogP contribution in [-0.2, 0) is 14.2 Å². The number of hydrogen-bond donors (Lipinski definition) is 1. The zero-order valence-corrected chi connectivity index (χ0v) is 9.53. The molecule has 0 bridgehead atoms. The first-order valence-electron chi connectivity index (χ1n) is 5.09. The number of rotatable bonds is 8. The zero-order chi connectivity index (χ0) is 11.0. The van der Waals surface area contributed by atoms with Gasteiger partial charge in [-0.15, -0.1) is 0 Å². The van der Waals surface area contributed by atoms with Gasteiger partial charge in [0.25, 0.3) is 6.48 Å². The molecule has 4 nitrogen and oxygen atoms in total. The Morgan fingerprint density at radius 2 is 1.86 bits per heavy atom. The molecule has 0 radical (unpaired) electrons. The van der Waals surface area contributed by atoms with Gasteiger partial charge in [0.2, 0.25) is 0 Å². The Balaban J connectivity index is 3.30. The lowest BCUT2D eigenvalue weighted by Crippen LogP contribution is -2.23. The molecule has 2 atom stereocenters. The van der Waals surface area contributed by atoms with Crippen molar-refractivity contribution >= 4 is 0 Å². The van der Waals surface area contributed by atoms with Crippen molar-refractivity contribution in [2.24, 2.45) is 5.92 Å². The van der Waals surface area contributed by atoms with Gasteiger partial charge in [-0.1, -0.05) is 20.8 Å². The second-order valence-electron chi connectivity index (χ2n) is 3.71. The third-order valence-corrected chi connectivity index (χ3v) is 1.67. The Hall–Kier alpha value is -0.160. The largest absolute Gasteiger partial charge is 0.355 e. The van der Waals surface area contributed by atoms with Crippen molar-refractivity contribution in [3.8, 4) is 0 Å². The maximum absolute atomic E-state index is 9.19. The smallest absolute Gasteiger partial charge is 0.271 e. The summed E-state index contributed by atoms with van der Waals surface area (Å²) < 4.78 is 15.1. The molecular formula is C10H22O4. The topological polar surface area (TPSA) is 47.9 Å². The molecule has 0 amide bonds. The van der Waals surface area contributed by atoms with Crippen LogP contribution in [0.1, 0.15) is 34.1 Å². The molecule has 0 spiro atoms. The van der Waals surface area contributed by atoms with E-state index in [1.807, 2.05) is 27.7 Å². The molecule has 0 saturated heterocycles. The van der Waals surface area contributed by atoms with Gasteiger partial charge in [0, 0.05) is 0 Å². The summed E-state index contributed by atoms with van der Waals surface area (Å²) in [7, 11) is 0. The standard InChI is InChI=1S/C10H22O4/c1-5-9(4)14-10(11)13-7-12-6-8(2)3/h8-11H,5-7H2,1-4H3. The van der Waals surface area contributed by atoms with Crippen LogP contribution in [0.15, 0.2) is 0 Å². The number of aliphatic hydroxyl groups is 1. The van der Waals surface area contributed by atoms with Crippen LogP contribution in [0.2, 0.25) is 0 Å². The van der Waals surface area contributed by atoms with Gasteiger partial charge in [-0.25, -0.2) is 0 Å². The fourth-order valence-corrected chi connectivity index (χ4v) is 0.724. The van der Waals surface area contributed by atoms with Gasteiger partial charge in [-0.3, -0.25) is 0 Å². The lowest BCUT2D eigenvalue weighted by Gasteiger charge is -2.17. The molecule has 0 aromatic rings. The molecule has 1 N–H and O–H groups in total. The van der Waals surface area contributed by atoms with Gasteiger partial charge in [0.15, 0.2) is 6.79 Å². The molecule has 14 heavy (non-hydrogen) atoms. The maximum Gasteiger partial charge on any atom is 0.271 e. The van der Waals surface area contributed by atoms with E-state index in [2.05, 4.69) is 0 Å².